The van der Waals surface area contributed by atoms with Crippen LogP contribution in [0.2, 0.25) is 0 Å². The molecule has 1 saturated heterocycles. The minimum atomic E-state index is 0.603. The Kier molecular flexibility index (Phi) is 3.85. The molecule has 0 atom stereocenters. The van der Waals surface area contributed by atoms with Crippen LogP contribution >= 0.6 is 0 Å². The van der Waals surface area contributed by atoms with Gasteiger partial charge in [0.05, 0.1) is 0 Å². The van der Waals surface area contributed by atoms with E-state index in [9.17, 15) is 0 Å². The molecule has 1 aliphatic heterocycles. The normalized spacial score (nSPS) is 19.0. The Balaban J connectivity index is 1.91. The van der Waals surface area contributed by atoms with Gasteiger partial charge in [-0.15, -0.1) is 0 Å². The van der Waals surface area contributed by atoms with Crippen LogP contribution in [0.25, 0.3) is 0 Å². The monoisotopic (exact) mass is 232 g/mol. The van der Waals surface area contributed by atoms with Gasteiger partial charge in [-0.3, -0.25) is 4.90 Å². The van der Waals surface area contributed by atoms with E-state index < -0.39 is 0 Å². The lowest BCUT2D eigenvalue weighted by molar-refractivity contribution is -0.0120. The summed E-state index contributed by atoms with van der Waals surface area (Å²) in [6.45, 7) is 8.86. The lowest BCUT2D eigenvalue weighted by Crippen LogP contribution is -2.54. The molecule has 0 saturated carbocycles. The summed E-state index contributed by atoms with van der Waals surface area (Å²) in [7, 11) is 0. The maximum atomic E-state index is 5.67. The van der Waals surface area contributed by atoms with Crippen LogP contribution in [0.5, 0.6) is 0 Å². The van der Waals surface area contributed by atoms with Gasteiger partial charge in [-0.05, 0) is 29.4 Å². The van der Waals surface area contributed by atoms with Crippen molar-refractivity contribution in [1.82, 2.24) is 4.90 Å². The molecule has 0 bridgehead atoms. The lowest BCUT2D eigenvalue weighted by Gasteiger charge is -2.50. The van der Waals surface area contributed by atoms with Crippen LogP contribution in [0.1, 0.15) is 37.8 Å². The Hall–Kier alpha value is -0.860. The zero-order valence-electron chi connectivity index (χ0n) is 11.1. The van der Waals surface area contributed by atoms with E-state index >= 15 is 0 Å². The van der Waals surface area contributed by atoms with E-state index in [1.54, 1.807) is 0 Å². The van der Waals surface area contributed by atoms with E-state index in [4.69, 9.17) is 5.73 Å². The zero-order chi connectivity index (χ0) is 12.3. The van der Waals surface area contributed by atoms with E-state index in [2.05, 4.69) is 43.0 Å². The molecule has 2 nitrogen and oxygen atoms in total. The first-order valence-electron chi connectivity index (χ1n) is 6.71. The highest BCUT2D eigenvalue weighted by atomic mass is 15.2. The van der Waals surface area contributed by atoms with Crippen LogP contribution < -0.4 is 5.73 Å². The second kappa shape index (κ2) is 5.19. The molecular formula is C15H24N2. The maximum absolute atomic E-state index is 5.67. The molecule has 94 valence electrons. The summed E-state index contributed by atoms with van der Waals surface area (Å²) in [6, 6.07) is 8.65. The van der Waals surface area contributed by atoms with Crippen molar-refractivity contribution < 1.29 is 0 Å². The number of likely N-dealkylation sites (tertiary alicyclic amines) is 1. The SMILES string of the molecule is CCC1(CC)CN(Cc2cccc(CN)c2)C1. The molecule has 1 fully saturated rings. The van der Waals surface area contributed by atoms with Crippen molar-refractivity contribution in [3.8, 4) is 0 Å². The highest BCUT2D eigenvalue weighted by molar-refractivity contribution is 5.23. The molecule has 0 unspecified atom stereocenters. The third-order valence-electron chi connectivity index (χ3n) is 4.25. The number of hydrogen-bond acceptors (Lipinski definition) is 2. The fourth-order valence-electron chi connectivity index (χ4n) is 2.82. The number of hydrogen-bond donors (Lipinski definition) is 1. The van der Waals surface area contributed by atoms with Crippen molar-refractivity contribution in [2.24, 2.45) is 11.1 Å². The summed E-state index contributed by atoms with van der Waals surface area (Å²) in [6.07, 6.45) is 2.62. The summed E-state index contributed by atoms with van der Waals surface area (Å²) in [5.41, 5.74) is 8.90. The molecule has 2 N–H and O–H groups in total. The molecule has 1 aromatic rings. The number of nitrogens with two attached hydrogens (primary N) is 1. The van der Waals surface area contributed by atoms with Crippen LogP contribution in [-0.2, 0) is 13.1 Å². The summed E-state index contributed by atoms with van der Waals surface area (Å²) in [4.78, 5) is 2.54. The topological polar surface area (TPSA) is 29.3 Å². The first-order chi connectivity index (χ1) is 8.21. The van der Waals surface area contributed by atoms with Crippen LogP contribution in [0.4, 0.5) is 0 Å². The Morgan fingerprint density at radius 3 is 2.41 bits per heavy atom. The highest BCUT2D eigenvalue weighted by Gasteiger charge is 2.39. The molecule has 17 heavy (non-hydrogen) atoms. The summed E-state index contributed by atoms with van der Waals surface area (Å²) in [5, 5.41) is 0. The number of benzene rings is 1. The molecule has 0 aromatic heterocycles. The fraction of sp³-hybridized carbons (Fsp3) is 0.600. The Morgan fingerprint density at radius 1 is 1.18 bits per heavy atom. The molecule has 2 rings (SSSR count). The van der Waals surface area contributed by atoms with E-state index in [0.717, 1.165) is 6.54 Å². The maximum Gasteiger partial charge on any atom is 0.0234 e. The van der Waals surface area contributed by atoms with Gasteiger partial charge in [-0.25, -0.2) is 0 Å². The van der Waals surface area contributed by atoms with E-state index in [1.807, 2.05) is 0 Å². The third-order valence-corrected chi connectivity index (χ3v) is 4.25. The quantitative estimate of drug-likeness (QED) is 0.846. The predicted molar refractivity (Wildman–Crippen MR) is 72.6 cm³/mol. The largest absolute Gasteiger partial charge is 0.326 e. The highest BCUT2D eigenvalue weighted by Crippen LogP contribution is 2.37. The first kappa shape index (κ1) is 12.6. The minimum absolute atomic E-state index is 0.603. The van der Waals surface area contributed by atoms with Gasteiger partial charge in [0.25, 0.3) is 0 Å². The average Bonchev–Trinajstić information content (AvgIpc) is 2.33. The molecule has 2 heteroatoms. The summed E-state index contributed by atoms with van der Waals surface area (Å²) in [5.74, 6) is 0. The van der Waals surface area contributed by atoms with Gasteiger partial charge in [0.15, 0.2) is 0 Å². The number of nitrogens with zero attached hydrogens (tertiary/aromatic N) is 1. The Bertz CT molecular complexity index is 361. The first-order valence-corrected chi connectivity index (χ1v) is 6.71. The Morgan fingerprint density at radius 2 is 1.82 bits per heavy atom. The molecule has 1 aromatic carbocycles. The van der Waals surface area contributed by atoms with Crippen molar-refractivity contribution in [1.29, 1.82) is 0 Å². The minimum Gasteiger partial charge on any atom is -0.326 e. The zero-order valence-corrected chi connectivity index (χ0v) is 11.1. The molecule has 1 aliphatic rings. The van der Waals surface area contributed by atoms with Crippen molar-refractivity contribution in [3.05, 3.63) is 35.4 Å². The van der Waals surface area contributed by atoms with Crippen LogP contribution in [0, 0.1) is 5.41 Å². The summed E-state index contributed by atoms with van der Waals surface area (Å²) >= 11 is 0. The van der Waals surface area contributed by atoms with Gasteiger partial charge in [-0.1, -0.05) is 38.1 Å². The van der Waals surface area contributed by atoms with Crippen LogP contribution in [-0.4, -0.2) is 18.0 Å². The smallest absolute Gasteiger partial charge is 0.0234 e. The second-order valence-electron chi connectivity index (χ2n) is 5.38. The van der Waals surface area contributed by atoms with E-state index in [-0.39, 0.29) is 0 Å². The van der Waals surface area contributed by atoms with Crippen molar-refractivity contribution in [3.63, 3.8) is 0 Å². The van der Waals surface area contributed by atoms with Crippen LogP contribution in [0.15, 0.2) is 24.3 Å². The van der Waals surface area contributed by atoms with Crippen molar-refractivity contribution >= 4 is 0 Å². The standard InChI is InChI=1S/C15H24N2/c1-3-15(4-2)11-17(12-15)10-14-7-5-6-13(8-14)9-16/h5-8H,3-4,9-12,16H2,1-2H3. The molecule has 1 heterocycles. The molecule has 0 aliphatic carbocycles. The van der Waals surface area contributed by atoms with Gasteiger partial charge < -0.3 is 5.73 Å². The fourth-order valence-corrected chi connectivity index (χ4v) is 2.82. The van der Waals surface area contributed by atoms with Crippen LogP contribution in [0.3, 0.4) is 0 Å². The van der Waals surface area contributed by atoms with Gasteiger partial charge in [0.1, 0.15) is 0 Å². The van der Waals surface area contributed by atoms with Gasteiger partial charge in [0, 0.05) is 26.2 Å². The van der Waals surface area contributed by atoms with Gasteiger partial charge in [0.2, 0.25) is 0 Å². The molecule has 0 amide bonds. The Labute approximate surface area is 105 Å². The third kappa shape index (κ3) is 2.70. The summed E-state index contributed by atoms with van der Waals surface area (Å²) < 4.78 is 0. The second-order valence-corrected chi connectivity index (χ2v) is 5.38. The predicted octanol–water partition coefficient (Wildman–Crippen LogP) is 2.77. The molecule has 0 radical (unpaired) electrons. The molecule has 0 spiro atoms. The average molecular weight is 232 g/mol. The van der Waals surface area contributed by atoms with Gasteiger partial charge >= 0.3 is 0 Å². The van der Waals surface area contributed by atoms with E-state index in [1.165, 1.54) is 37.1 Å². The van der Waals surface area contributed by atoms with E-state index in [0.29, 0.717) is 12.0 Å². The number of rotatable bonds is 5. The van der Waals surface area contributed by atoms with Crippen molar-refractivity contribution in [2.45, 2.75) is 39.8 Å². The van der Waals surface area contributed by atoms with Gasteiger partial charge in [-0.2, -0.15) is 0 Å². The molecular weight excluding hydrogens is 208 g/mol. The van der Waals surface area contributed by atoms with Crippen molar-refractivity contribution in [2.75, 3.05) is 13.1 Å². The lowest BCUT2D eigenvalue weighted by atomic mass is 9.75.